The van der Waals surface area contributed by atoms with Gasteiger partial charge in [-0.05, 0) is 30.7 Å². The summed E-state index contributed by atoms with van der Waals surface area (Å²) in [6, 6.07) is 5.65. The van der Waals surface area contributed by atoms with Crippen molar-refractivity contribution < 1.29 is 18.8 Å². The summed E-state index contributed by atoms with van der Waals surface area (Å²) in [5.74, 6) is -0.808. The lowest BCUT2D eigenvalue weighted by Gasteiger charge is -2.47. The average molecular weight is 394 g/mol. The van der Waals surface area contributed by atoms with E-state index in [4.69, 9.17) is 0 Å². The van der Waals surface area contributed by atoms with E-state index in [9.17, 15) is 18.8 Å². The lowest BCUT2D eigenvalue weighted by Crippen LogP contribution is -2.68. The molecule has 1 aromatic rings. The average Bonchev–Trinajstić information content (AvgIpc) is 2.68. The number of hydrogen-bond donors (Lipinski definition) is 2. The topological polar surface area (TPSA) is 81.8 Å². The molecule has 7 nitrogen and oxygen atoms in total. The highest BCUT2D eigenvalue weighted by Gasteiger charge is 2.48. The largest absolute Gasteiger partial charge is 0.351 e. The summed E-state index contributed by atoms with van der Waals surface area (Å²) in [6.07, 6.45) is 0.410. The molecule has 0 aromatic heterocycles. The Bertz CT molecular complexity index is 730. The molecule has 1 aromatic carbocycles. The molecule has 9 heteroatoms. The number of halogens is 1. The van der Waals surface area contributed by atoms with Crippen LogP contribution in [0.1, 0.15) is 12.0 Å². The van der Waals surface area contributed by atoms with E-state index in [2.05, 4.69) is 10.6 Å². The number of benzene rings is 1. The molecule has 4 amide bonds. The van der Waals surface area contributed by atoms with E-state index in [0.29, 0.717) is 13.1 Å². The number of rotatable bonds is 5. The number of piperidine rings is 1. The molecule has 0 radical (unpaired) electrons. The molecule has 2 N–H and O–H groups in total. The van der Waals surface area contributed by atoms with E-state index in [-0.39, 0.29) is 46.7 Å². The summed E-state index contributed by atoms with van der Waals surface area (Å²) in [5, 5.41) is 6.00. The lowest BCUT2D eigenvalue weighted by molar-refractivity contribution is -0.138. The minimum atomic E-state index is -0.374. The van der Waals surface area contributed by atoms with Gasteiger partial charge in [-0.3, -0.25) is 19.8 Å². The number of carbonyl (C=O) groups excluding carboxylic acids is 3. The summed E-state index contributed by atoms with van der Waals surface area (Å²) in [5.41, 5.74) is 0.820. The third-order valence-electron chi connectivity index (χ3n) is 4.98. The molecule has 0 aliphatic carbocycles. The number of thioether (sulfide) groups is 1. The summed E-state index contributed by atoms with van der Waals surface area (Å²) in [4.78, 5) is 39.6. The first-order valence-corrected chi connectivity index (χ1v) is 9.84. The maximum absolute atomic E-state index is 12.9. The number of fused-ring (bicyclic) bond motifs is 1. The number of nitrogens with one attached hydrogen (secondary N) is 2. The van der Waals surface area contributed by atoms with Crippen LogP contribution in [0.2, 0.25) is 0 Å². The van der Waals surface area contributed by atoms with Gasteiger partial charge in [0, 0.05) is 25.9 Å². The molecule has 0 spiro atoms. The van der Waals surface area contributed by atoms with Crippen molar-refractivity contribution in [1.29, 1.82) is 0 Å². The van der Waals surface area contributed by atoms with Crippen molar-refractivity contribution in [3.05, 3.63) is 35.6 Å². The second kappa shape index (κ2) is 8.26. The van der Waals surface area contributed by atoms with Gasteiger partial charge in [0.25, 0.3) is 0 Å². The van der Waals surface area contributed by atoms with Crippen LogP contribution in [0.15, 0.2) is 24.3 Å². The van der Waals surface area contributed by atoms with Crippen molar-refractivity contribution in [3.63, 3.8) is 0 Å². The van der Waals surface area contributed by atoms with Crippen molar-refractivity contribution in [3.8, 4) is 0 Å². The Morgan fingerprint density at radius 3 is 2.70 bits per heavy atom. The monoisotopic (exact) mass is 394 g/mol. The van der Waals surface area contributed by atoms with Crippen molar-refractivity contribution in [1.82, 2.24) is 20.4 Å². The van der Waals surface area contributed by atoms with Crippen molar-refractivity contribution in [2.75, 3.05) is 26.4 Å². The van der Waals surface area contributed by atoms with Gasteiger partial charge in [0.05, 0.1) is 17.8 Å². The molecule has 0 bridgehead atoms. The minimum Gasteiger partial charge on any atom is -0.351 e. The molecule has 146 valence electrons. The van der Waals surface area contributed by atoms with Crippen molar-refractivity contribution in [2.24, 2.45) is 5.92 Å². The molecule has 2 aliphatic rings. The summed E-state index contributed by atoms with van der Waals surface area (Å²) >= 11 is 1.44. The first-order valence-electron chi connectivity index (χ1n) is 8.79. The fourth-order valence-electron chi connectivity index (χ4n) is 3.45. The van der Waals surface area contributed by atoms with Gasteiger partial charge >= 0.3 is 6.03 Å². The summed E-state index contributed by atoms with van der Waals surface area (Å²) in [7, 11) is 3.17. The van der Waals surface area contributed by atoms with Gasteiger partial charge < -0.3 is 10.2 Å². The SMILES string of the molecule is CN1C(=O)C2C(SCC(=O)NCc3ccc(F)cc3)CCNC2N(C)C1=O. The van der Waals surface area contributed by atoms with Crippen LogP contribution in [0.3, 0.4) is 0 Å². The van der Waals surface area contributed by atoms with E-state index in [1.54, 1.807) is 24.1 Å². The number of nitrogens with zero attached hydrogens (tertiary/aromatic N) is 2. The molecule has 0 saturated carbocycles. The fraction of sp³-hybridized carbons (Fsp3) is 0.500. The lowest BCUT2D eigenvalue weighted by atomic mass is 9.91. The minimum absolute atomic E-state index is 0.0432. The number of hydrogen-bond acceptors (Lipinski definition) is 5. The molecule has 3 atom stereocenters. The van der Waals surface area contributed by atoms with Crippen LogP contribution in [0.25, 0.3) is 0 Å². The zero-order valence-electron chi connectivity index (χ0n) is 15.3. The smallest absolute Gasteiger partial charge is 0.327 e. The summed E-state index contributed by atoms with van der Waals surface area (Å²) < 4.78 is 12.9. The number of carbonyl (C=O) groups is 3. The maximum Gasteiger partial charge on any atom is 0.327 e. The van der Waals surface area contributed by atoms with Gasteiger partial charge in [-0.1, -0.05) is 12.1 Å². The van der Waals surface area contributed by atoms with Gasteiger partial charge in [0.2, 0.25) is 11.8 Å². The van der Waals surface area contributed by atoms with Crippen LogP contribution >= 0.6 is 11.8 Å². The first-order chi connectivity index (χ1) is 12.9. The second-order valence-electron chi connectivity index (χ2n) is 6.76. The van der Waals surface area contributed by atoms with E-state index in [1.807, 2.05) is 0 Å². The van der Waals surface area contributed by atoms with Crippen molar-refractivity contribution >= 4 is 29.6 Å². The number of amides is 4. The number of urea groups is 1. The predicted octanol–water partition coefficient (Wildman–Crippen LogP) is 1.00. The zero-order chi connectivity index (χ0) is 19.6. The normalized spacial score (nSPS) is 25.4. The third-order valence-corrected chi connectivity index (χ3v) is 6.36. The van der Waals surface area contributed by atoms with Gasteiger partial charge in [-0.15, -0.1) is 11.8 Å². The molecular formula is C18H23FN4O3S. The molecule has 2 heterocycles. The van der Waals surface area contributed by atoms with Crippen LogP contribution in [0, 0.1) is 11.7 Å². The third kappa shape index (κ3) is 4.24. The van der Waals surface area contributed by atoms with Crippen LogP contribution < -0.4 is 10.6 Å². The fourth-order valence-corrected chi connectivity index (χ4v) is 4.68. The number of imide groups is 1. The Balaban J connectivity index is 1.55. The van der Waals surface area contributed by atoms with Gasteiger partial charge in [0.1, 0.15) is 5.82 Å². The van der Waals surface area contributed by atoms with Crippen LogP contribution in [-0.2, 0) is 16.1 Å². The van der Waals surface area contributed by atoms with E-state index in [0.717, 1.165) is 16.9 Å². The van der Waals surface area contributed by atoms with Gasteiger partial charge in [-0.2, -0.15) is 0 Å². The van der Waals surface area contributed by atoms with E-state index in [1.165, 1.54) is 30.9 Å². The molecular weight excluding hydrogens is 371 g/mol. The maximum atomic E-state index is 12.9. The molecule has 2 fully saturated rings. The highest BCUT2D eigenvalue weighted by Crippen LogP contribution is 2.33. The molecule has 2 aliphatic heterocycles. The Kier molecular flexibility index (Phi) is 6.01. The van der Waals surface area contributed by atoms with Gasteiger partial charge in [0.15, 0.2) is 0 Å². The summed E-state index contributed by atoms with van der Waals surface area (Å²) in [6.45, 7) is 1.02. The van der Waals surface area contributed by atoms with Gasteiger partial charge in [-0.25, -0.2) is 9.18 Å². The Morgan fingerprint density at radius 1 is 1.30 bits per heavy atom. The Hall–Kier alpha value is -2.13. The first kappa shape index (κ1) is 19.6. The highest BCUT2D eigenvalue weighted by atomic mass is 32.2. The van der Waals surface area contributed by atoms with E-state index >= 15 is 0 Å². The zero-order valence-corrected chi connectivity index (χ0v) is 16.1. The standard InChI is InChI=1S/C18H23FN4O3S/c1-22-16-15(17(25)23(2)18(22)26)13(7-8-20-16)27-10-14(24)21-9-11-3-5-12(19)6-4-11/h3-6,13,15-16,20H,7-10H2,1-2H3,(H,21,24). The predicted molar refractivity (Wildman–Crippen MR) is 100 cm³/mol. The highest BCUT2D eigenvalue weighted by molar-refractivity contribution is 8.00. The molecule has 27 heavy (non-hydrogen) atoms. The molecule has 2 saturated heterocycles. The van der Waals surface area contributed by atoms with E-state index < -0.39 is 0 Å². The molecule has 3 unspecified atom stereocenters. The van der Waals surface area contributed by atoms with Crippen molar-refractivity contribution in [2.45, 2.75) is 24.4 Å². The molecule has 3 rings (SSSR count). The van der Waals surface area contributed by atoms with Crippen LogP contribution in [0.5, 0.6) is 0 Å². The quantitative estimate of drug-likeness (QED) is 0.779. The second-order valence-corrected chi connectivity index (χ2v) is 7.98. The Labute approximate surface area is 161 Å². The van der Waals surface area contributed by atoms with Crippen LogP contribution in [-0.4, -0.2) is 65.5 Å². The van der Waals surface area contributed by atoms with Crippen LogP contribution in [0.4, 0.5) is 9.18 Å². The Morgan fingerprint density at radius 2 is 2.00 bits per heavy atom.